The summed E-state index contributed by atoms with van der Waals surface area (Å²) in [6.45, 7) is 0. The minimum Gasteiger partial charge on any atom is -0.504 e. The van der Waals surface area contributed by atoms with Crippen LogP contribution in [0.2, 0.25) is 0 Å². The molecule has 1 aromatic carbocycles. The molecule has 0 atom stereocenters. The van der Waals surface area contributed by atoms with Crippen LogP contribution in [0.15, 0.2) is 34.6 Å². The Labute approximate surface area is 88.1 Å². The number of thiazole rings is 1. The Morgan fingerprint density at radius 1 is 1.40 bits per heavy atom. The molecular formula is C10H6N2O2S. The summed E-state index contributed by atoms with van der Waals surface area (Å²) in [5, 5.41) is 11.2. The third kappa shape index (κ3) is 1.13. The second-order valence-electron chi connectivity index (χ2n) is 3.17. The van der Waals surface area contributed by atoms with Crippen LogP contribution in [0.25, 0.3) is 16.0 Å². The fraction of sp³-hybridized carbons (Fsp3) is 0. The van der Waals surface area contributed by atoms with Gasteiger partial charge in [0.2, 0.25) is 5.43 Å². The van der Waals surface area contributed by atoms with Crippen LogP contribution in [0.4, 0.5) is 0 Å². The molecule has 4 nitrogen and oxygen atoms in total. The summed E-state index contributed by atoms with van der Waals surface area (Å²) in [4.78, 5) is 16.6. The maximum atomic E-state index is 11.4. The average Bonchev–Trinajstić information content (AvgIpc) is 2.74. The van der Waals surface area contributed by atoms with E-state index in [-0.39, 0.29) is 5.75 Å². The first-order chi connectivity index (χ1) is 7.25. The number of aromatic hydroxyl groups is 1. The molecule has 0 amide bonds. The van der Waals surface area contributed by atoms with E-state index < -0.39 is 5.43 Å². The van der Waals surface area contributed by atoms with Crippen molar-refractivity contribution in [2.75, 3.05) is 0 Å². The van der Waals surface area contributed by atoms with Crippen LogP contribution in [0.3, 0.4) is 0 Å². The van der Waals surface area contributed by atoms with E-state index in [4.69, 9.17) is 0 Å². The molecule has 0 fully saturated rings. The Bertz CT molecular complexity index is 714. The maximum Gasteiger partial charge on any atom is 0.222 e. The Hall–Kier alpha value is -1.88. The Balaban J connectivity index is 2.63. The highest BCUT2D eigenvalue weighted by Crippen LogP contribution is 2.19. The summed E-state index contributed by atoms with van der Waals surface area (Å²) >= 11 is 1.51. The van der Waals surface area contributed by atoms with E-state index in [1.807, 2.05) is 16.0 Å². The lowest BCUT2D eigenvalue weighted by molar-refractivity contribution is 0.471. The van der Waals surface area contributed by atoms with Crippen LogP contribution in [0, 0.1) is 0 Å². The smallest absolute Gasteiger partial charge is 0.222 e. The topological polar surface area (TPSA) is 54.6 Å². The van der Waals surface area contributed by atoms with Gasteiger partial charge in [-0.3, -0.25) is 9.20 Å². The van der Waals surface area contributed by atoms with E-state index in [1.165, 1.54) is 23.5 Å². The predicted molar refractivity (Wildman–Crippen MR) is 58.5 cm³/mol. The van der Waals surface area contributed by atoms with Gasteiger partial charge in [0.25, 0.3) is 0 Å². The summed E-state index contributed by atoms with van der Waals surface area (Å²) in [6.07, 6.45) is 1.85. The van der Waals surface area contributed by atoms with E-state index in [0.717, 1.165) is 10.5 Å². The Morgan fingerprint density at radius 3 is 3.13 bits per heavy atom. The zero-order valence-corrected chi connectivity index (χ0v) is 8.36. The highest BCUT2D eigenvalue weighted by Gasteiger charge is 2.05. The fourth-order valence-electron chi connectivity index (χ4n) is 1.52. The van der Waals surface area contributed by atoms with Gasteiger partial charge >= 0.3 is 0 Å². The number of rotatable bonds is 0. The van der Waals surface area contributed by atoms with Gasteiger partial charge in [-0.2, -0.15) is 0 Å². The number of nitrogens with zero attached hydrogens (tertiary/aromatic N) is 2. The zero-order valence-electron chi connectivity index (χ0n) is 7.54. The van der Waals surface area contributed by atoms with Gasteiger partial charge in [0.05, 0.1) is 11.0 Å². The molecule has 0 saturated heterocycles. The van der Waals surface area contributed by atoms with Crippen LogP contribution in [-0.2, 0) is 0 Å². The van der Waals surface area contributed by atoms with Gasteiger partial charge < -0.3 is 5.11 Å². The third-order valence-electron chi connectivity index (χ3n) is 2.25. The van der Waals surface area contributed by atoms with Gasteiger partial charge in [0, 0.05) is 17.6 Å². The van der Waals surface area contributed by atoms with Crippen molar-refractivity contribution in [2.45, 2.75) is 0 Å². The van der Waals surface area contributed by atoms with Crippen molar-refractivity contribution in [3.63, 3.8) is 0 Å². The number of imidazole rings is 1. The van der Waals surface area contributed by atoms with Crippen LogP contribution in [-0.4, -0.2) is 14.5 Å². The average molecular weight is 218 g/mol. The van der Waals surface area contributed by atoms with E-state index in [1.54, 1.807) is 6.07 Å². The minimum absolute atomic E-state index is 0.253. The molecule has 0 spiro atoms. The number of fused-ring (bicyclic) bond motifs is 3. The zero-order chi connectivity index (χ0) is 10.4. The van der Waals surface area contributed by atoms with Gasteiger partial charge in [-0.25, -0.2) is 4.98 Å². The highest BCUT2D eigenvalue weighted by atomic mass is 32.1. The molecule has 2 aromatic heterocycles. The van der Waals surface area contributed by atoms with E-state index in [0.29, 0.717) is 5.52 Å². The van der Waals surface area contributed by atoms with Crippen LogP contribution in [0.1, 0.15) is 0 Å². The molecule has 0 aliphatic rings. The van der Waals surface area contributed by atoms with Crippen molar-refractivity contribution in [2.24, 2.45) is 0 Å². The first-order valence-corrected chi connectivity index (χ1v) is 5.22. The summed E-state index contributed by atoms with van der Waals surface area (Å²) < 4.78 is 1.83. The Kier molecular flexibility index (Phi) is 1.58. The molecule has 0 aliphatic carbocycles. The second-order valence-corrected chi connectivity index (χ2v) is 4.04. The molecule has 0 radical (unpaired) electrons. The van der Waals surface area contributed by atoms with Gasteiger partial charge in [-0.15, -0.1) is 11.3 Å². The lowest BCUT2D eigenvalue weighted by Crippen LogP contribution is -1.93. The normalized spacial score (nSPS) is 11.2. The number of aromatic nitrogens is 2. The molecular weight excluding hydrogens is 212 g/mol. The van der Waals surface area contributed by atoms with E-state index in [2.05, 4.69) is 4.98 Å². The second kappa shape index (κ2) is 2.80. The lowest BCUT2D eigenvalue weighted by atomic mass is 10.4. The molecule has 1 N–H and O–H groups in total. The van der Waals surface area contributed by atoms with Gasteiger partial charge in [0.1, 0.15) is 0 Å². The van der Waals surface area contributed by atoms with Crippen molar-refractivity contribution >= 4 is 27.3 Å². The molecule has 3 aromatic rings. The quantitative estimate of drug-likeness (QED) is 0.623. The molecule has 0 aliphatic heterocycles. The largest absolute Gasteiger partial charge is 0.504 e. The van der Waals surface area contributed by atoms with Crippen molar-refractivity contribution < 1.29 is 5.11 Å². The molecule has 0 bridgehead atoms. The monoisotopic (exact) mass is 218 g/mol. The van der Waals surface area contributed by atoms with Crippen molar-refractivity contribution in [3.8, 4) is 5.75 Å². The number of hydrogen-bond acceptors (Lipinski definition) is 4. The van der Waals surface area contributed by atoms with Crippen molar-refractivity contribution in [1.82, 2.24) is 9.38 Å². The van der Waals surface area contributed by atoms with Gasteiger partial charge in [-0.05, 0) is 12.1 Å². The van der Waals surface area contributed by atoms with E-state index in [9.17, 15) is 9.90 Å². The molecule has 2 heterocycles. The molecule has 74 valence electrons. The highest BCUT2D eigenvalue weighted by molar-refractivity contribution is 7.15. The van der Waals surface area contributed by atoms with Crippen LogP contribution < -0.4 is 5.43 Å². The van der Waals surface area contributed by atoms with Crippen LogP contribution in [0.5, 0.6) is 5.75 Å². The summed E-state index contributed by atoms with van der Waals surface area (Å²) in [7, 11) is 0. The van der Waals surface area contributed by atoms with Crippen molar-refractivity contribution in [3.05, 3.63) is 40.0 Å². The molecule has 0 saturated carbocycles. The summed E-state index contributed by atoms with van der Waals surface area (Å²) in [6, 6.07) is 4.42. The standard InChI is InChI=1S/C10H6N2O2S/c13-8-2-1-6-7(5-9(8)14)12-3-4-15-10(12)11-6/h1-5H,(H,13,14). The number of hydrogen-bond donors (Lipinski definition) is 1. The van der Waals surface area contributed by atoms with E-state index >= 15 is 0 Å². The fourth-order valence-corrected chi connectivity index (χ4v) is 2.25. The molecule has 5 heteroatoms. The van der Waals surface area contributed by atoms with Crippen molar-refractivity contribution in [1.29, 1.82) is 0 Å². The predicted octanol–water partition coefficient (Wildman–Crippen LogP) is 1.61. The van der Waals surface area contributed by atoms with Gasteiger partial charge in [0.15, 0.2) is 10.7 Å². The maximum absolute atomic E-state index is 11.4. The third-order valence-corrected chi connectivity index (χ3v) is 3.00. The SMILES string of the molecule is O=c1cc2c(ccc1O)nc1sccn12. The summed E-state index contributed by atoms with van der Waals surface area (Å²) in [5.41, 5.74) is 1.04. The summed E-state index contributed by atoms with van der Waals surface area (Å²) in [5.74, 6) is -0.253. The Morgan fingerprint density at radius 2 is 2.27 bits per heavy atom. The molecule has 3 rings (SSSR count). The lowest BCUT2D eigenvalue weighted by Gasteiger charge is -1.81. The molecule has 15 heavy (non-hydrogen) atoms. The van der Waals surface area contributed by atoms with Crippen LogP contribution >= 0.6 is 11.3 Å². The van der Waals surface area contributed by atoms with Gasteiger partial charge in [-0.1, -0.05) is 0 Å². The first-order valence-electron chi connectivity index (χ1n) is 4.34. The minimum atomic E-state index is -0.391. The molecule has 0 unspecified atom stereocenters. The first kappa shape index (κ1) is 8.43.